The van der Waals surface area contributed by atoms with Crippen LogP contribution in [0.3, 0.4) is 0 Å². The third-order valence-electron chi connectivity index (χ3n) is 7.26. The molecule has 3 aromatic rings. The standard InChI is InChI=1S/C28H29BrN4O4/c29-23-24(28(25(23)35)10-2-1-3-11-28)33-22(27(36)37-15-14-34)16-18-4-6-20(7-5-18)32-26-21-17-30-12-8-19(21)9-13-31-26/h4-9,12-13,17,22-23,34H,1-3,10-11,14-16H2,(H,31,32)/t22-,23?/m0/s1. The molecular weight excluding hydrogens is 536 g/mol. The number of carbonyl (C=O) groups excluding carboxylic acids is 2. The molecule has 37 heavy (non-hydrogen) atoms. The number of aliphatic hydroxyl groups is 1. The molecule has 0 bridgehead atoms. The van der Waals surface area contributed by atoms with E-state index in [9.17, 15) is 9.59 Å². The van der Waals surface area contributed by atoms with Crippen molar-refractivity contribution in [2.24, 2.45) is 10.4 Å². The van der Waals surface area contributed by atoms with Gasteiger partial charge in [-0.3, -0.25) is 14.8 Å². The number of aliphatic imine (C=N–C) groups is 1. The van der Waals surface area contributed by atoms with Gasteiger partial charge in [-0.2, -0.15) is 0 Å². The Hall–Kier alpha value is -3.17. The van der Waals surface area contributed by atoms with E-state index in [1.807, 2.05) is 36.4 Å². The fourth-order valence-electron chi connectivity index (χ4n) is 5.29. The molecule has 2 N–H and O–H groups in total. The lowest BCUT2D eigenvalue weighted by Gasteiger charge is -2.47. The third-order valence-corrected chi connectivity index (χ3v) is 8.10. The SMILES string of the molecule is O=C(OCCO)[C@H](Cc1ccc(Nc2nccc3ccncc23)cc1)N=C1C(Br)C(=O)C12CCCCC2. The maximum absolute atomic E-state index is 12.9. The summed E-state index contributed by atoms with van der Waals surface area (Å²) in [7, 11) is 0. The molecule has 2 fully saturated rings. The highest BCUT2D eigenvalue weighted by Gasteiger charge is 2.58. The number of ketones is 1. The highest BCUT2D eigenvalue weighted by molar-refractivity contribution is 9.10. The molecular formula is C28H29BrN4O4. The number of esters is 1. The second-order valence-corrected chi connectivity index (χ2v) is 10.5. The van der Waals surface area contributed by atoms with Gasteiger partial charge in [0.1, 0.15) is 17.3 Å². The van der Waals surface area contributed by atoms with E-state index in [-0.39, 0.29) is 19.0 Å². The van der Waals surface area contributed by atoms with Crippen LogP contribution in [-0.2, 0) is 20.7 Å². The van der Waals surface area contributed by atoms with Crippen molar-refractivity contribution in [1.82, 2.24) is 9.97 Å². The Labute approximate surface area is 223 Å². The highest BCUT2D eigenvalue weighted by Crippen LogP contribution is 2.49. The predicted molar refractivity (Wildman–Crippen MR) is 145 cm³/mol. The Morgan fingerprint density at radius 1 is 1.16 bits per heavy atom. The normalized spacial score (nSPS) is 20.5. The van der Waals surface area contributed by atoms with Gasteiger partial charge in [0.25, 0.3) is 0 Å². The first-order chi connectivity index (χ1) is 18.0. The minimum Gasteiger partial charge on any atom is -0.462 e. The maximum Gasteiger partial charge on any atom is 0.331 e. The van der Waals surface area contributed by atoms with Crippen LogP contribution in [0.25, 0.3) is 10.8 Å². The van der Waals surface area contributed by atoms with Gasteiger partial charge >= 0.3 is 5.97 Å². The molecule has 2 atom stereocenters. The van der Waals surface area contributed by atoms with E-state index in [4.69, 9.17) is 14.8 Å². The quantitative estimate of drug-likeness (QED) is 0.304. The van der Waals surface area contributed by atoms with E-state index in [0.717, 1.165) is 59.8 Å². The summed E-state index contributed by atoms with van der Waals surface area (Å²) in [6.45, 7) is -0.339. The topological polar surface area (TPSA) is 114 Å². The van der Waals surface area contributed by atoms with Crippen molar-refractivity contribution in [3.05, 3.63) is 60.6 Å². The zero-order chi connectivity index (χ0) is 25.8. The number of halogens is 1. The minimum absolute atomic E-state index is 0.0856. The molecule has 1 unspecified atom stereocenters. The van der Waals surface area contributed by atoms with Crippen molar-refractivity contribution >= 4 is 55.7 Å². The summed E-state index contributed by atoms with van der Waals surface area (Å²) >= 11 is 3.49. The van der Waals surface area contributed by atoms with Gasteiger partial charge in [-0.1, -0.05) is 47.3 Å². The number of fused-ring (bicyclic) bond motifs is 1. The number of rotatable bonds is 8. The van der Waals surface area contributed by atoms with E-state index >= 15 is 0 Å². The average molecular weight is 565 g/mol. The van der Waals surface area contributed by atoms with Crippen molar-refractivity contribution < 1.29 is 19.4 Å². The van der Waals surface area contributed by atoms with Crippen LogP contribution in [0, 0.1) is 5.41 Å². The number of hydrogen-bond donors (Lipinski definition) is 2. The van der Waals surface area contributed by atoms with E-state index in [0.29, 0.717) is 12.2 Å². The first kappa shape index (κ1) is 25.5. The molecule has 0 aliphatic heterocycles. The van der Waals surface area contributed by atoms with Crippen molar-refractivity contribution in [3.63, 3.8) is 0 Å². The lowest BCUT2D eigenvalue weighted by molar-refractivity contribution is -0.146. The average Bonchev–Trinajstić information content (AvgIpc) is 2.95. The van der Waals surface area contributed by atoms with Crippen LogP contribution in [-0.4, -0.2) is 56.6 Å². The molecule has 0 radical (unpaired) electrons. The number of aromatic nitrogens is 2. The molecule has 1 spiro atoms. The van der Waals surface area contributed by atoms with E-state index in [1.165, 1.54) is 0 Å². The fraction of sp³-hybridized carbons (Fsp3) is 0.393. The molecule has 1 aromatic carbocycles. The number of aliphatic hydroxyl groups excluding tert-OH is 1. The Bertz CT molecular complexity index is 1320. The molecule has 192 valence electrons. The second-order valence-electron chi connectivity index (χ2n) is 9.57. The number of pyridine rings is 2. The lowest BCUT2D eigenvalue weighted by atomic mass is 9.58. The number of hydrogen-bond acceptors (Lipinski definition) is 8. The molecule has 8 nitrogen and oxygen atoms in total. The largest absolute Gasteiger partial charge is 0.462 e. The van der Waals surface area contributed by atoms with E-state index in [2.05, 4.69) is 31.2 Å². The van der Waals surface area contributed by atoms with Gasteiger partial charge in [0.2, 0.25) is 0 Å². The van der Waals surface area contributed by atoms with Crippen molar-refractivity contribution in [2.45, 2.75) is 49.4 Å². The number of ether oxygens (including phenoxy) is 1. The number of benzene rings is 1. The van der Waals surface area contributed by atoms with Crippen LogP contribution in [0.1, 0.15) is 37.7 Å². The van der Waals surface area contributed by atoms with Gasteiger partial charge in [-0.25, -0.2) is 9.78 Å². The van der Waals surface area contributed by atoms with Crippen molar-refractivity contribution in [1.29, 1.82) is 0 Å². The highest BCUT2D eigenvalue weighted by atomic mass is 79.9. The van der Waals surface area contributed by atoms with Crippen LogP contribution in [0.2, 0.25) is 0 Å². The van der Waals surface area contributed by atoms with Crippen molar-refractivity contribution in [2.75, 3.05) is 18.5 Å². The summed E-state index contributed by atoms with van der Waals surface area (Å²) in [5.41, 5.74) is 1.97. The van der Waals surface area contributed by atoms with Gasteiger partial charge in [0.15, 0.2) is 11.8 Å². The summed E-state index contributed by atoms with van der Waals surface area (Å²) < 4.78 is 5.25. The van der Waals surface area contributed by atoms with Crippen molar-refractivity contribution in [3.8, 4) is 0 Å². The lowest BCUT2D eigenvalue weighted by Crippen LogP contribution is -2.61. The van der Waals surface area contributed by atoms with Crippen LogP contribution in [0.5, 0.6) is 0 Å². The Morgan fingerprint density at radius 3 is 2.68 bits per heavy atom. The molecule has 2 heterocycles. The molecule has 5 rings (SSSR count). The summed E-state index contributed by atoms with van der Waals surface area (Å²) in [5.74, 6) is 0.383. The fourth-order valence-corrected chi connectivity index (χ4v) is 6.29. The zero-order valence-corrected chi connectivity index (χ0v) is 22.0. The van der Waals surface area contributed by atoms with E-state index < -0.39 is 22.3 Å². The number of anilines is 2. The summed E-state index contributed by atoms with van der Waals surface area (Å²) in [5, 5.41) is 14.4. The maximum atomic E-state index is 12.9. The Kier molecular flexibility index (Phi) is 7.62. The molecule has 0 saturated heterocycles. The first-order valence-corrected chi connectivity index (χ1v) is 13.5. The molecule has 2 saturated carbocycles. The molecule has 0 amide bonds. The molecule has 2 aliphatic carbocycles. The zero-order valence-electron chi connectivity index (χ0n) is 20.4. The Balaban J connectivity index is 1.36. The van der Waals surface area contributed by atoms with Gasteiger partial charge in [-0.05, 0) is 48.1 Å². The Morgan fingerprint density at radius 2 is 1.92 bits per heavy atom. The van der Waals surface area contributed by atoms with Crippen LogP contribution in [0.4, 0.5) is 11.5 Å². The molecule has 9 heteroatoms. The molecule has 2 aromatic heterocycles. The van der Waals surface area contributed by atoms with Gasteiger partial charge in [0, 0.05) is 41.8 Å². The first-order valence-electron chi connectivity index (χ1n) is 12.6. The number of alkyl halides is 1. The van der Waals surface area contributed by atoms with Crippen LogP contribution >= 0.6 is 15.9 Å². The van der Waals surface area contributed by atoms with E-state index in [1.54, 1.807) is 18.6 Å². The monoisotopic (exact) mass is 564 g/mol. The third kappa shape index (κ3) is 5.15. The van der Waals surface area contributed by atoms with Crippen LogP contribution in [0.15, 0.2) is 60.0 Å². The summed E-state index contributed by atoms with van der Waals surface area (Å²) in [4.78, 5) is 38.7. The van der Waals surface area contributed by atoms with Gasteiger partial charge in [-0.15, -0.1) is 0 Å². The predicted octanol–water partition coefficient (Wildman–Crippen LogP) is 4.56. The smallest absolute Gasteiger partial charge is 0.331 e. The number of carbonyl (C=O) groups is 2. The summed E-state index contributed by atoms with van der Waals surface area (Å²) in [6.07, 6.45) is 10.3. The molecule has 2 aliphatic rings. The number of Topliss-reactive ketones (excluding diaryl/α,β-unsaturated/α-hetero) is 1. The van der Waals surface area contributed by atoms with Gasteiger partial charge < -0.3 is 15.2 Å². The number of nitrogens with one attached hydrogen (secondary N) is 1. The van der Waals surface area contributed by atoms with Gasteiger partial charge in [0.05, 0.1) is 12.0 Å². The second kappa shape index (κ2) is 11.1. The number of nitrogens with zero attached hydrogens (tertiary/aromatic N) is 3. The van der Waals surface area contributed by atoms with Crippen LogP contribution < -0.4 is 5.32 Å². The minimum atomic E-state index is -0.793. The summed E-state index contributed by atoms with van der Waals surface area (Å²) in [6, 6.07) is 10.8.